The van der Waals surface area contributed by atoms with Gasteiger partial charge in [0.05, 0.1) is 0 Å². The first-order valence-corrected chi connectivity index (χ1v) is 9.43. The summed E-state index contributed by atoms with van der Waals surface area (Å²) in [6, 6.07) is 8.64. The number of carbonyl (C=O) groups is 1. The Balaban J connectivity index is 0.00000169. The van der Waals surface area contributed by atoms with Crippen LogP contribution in [0.2, 0.25) is 0 Å². The van der Waals surface area contributed by atoms with Crippen molar-refractivity contribution in [2.24, 2.45) is 11.8 Å². The summed E-state index contributed by atoms with van der Waals surface area (Å²) in [4.78, 5) is 17.1. The maximum Gasteiger partial charge on any atom is 0.222 e. The largest absolute Gasteiger partial charge is 0.368 e. The Labute approximate surface area is 170 Å². The van der Waals surface area contributed by atoms with Crippen molar-refractivity contribution in [2.45, 2.75) is 33.1 Å². The lowest BCUT2D eigenvalue weighted by Gasteiger charge is -2.37. The van der Waals surface area contributed by atoms with Gasteiger partial charge in [0.1, 0.15) is 0 Å². The molecule has 2 heterocycles. The fraction of sp³-hybridized carbons (Fsp3) is 0.650. The minimum Gasteiger partial charge on any atom is -0.368 e. The molecule has 3 rings (SSSR count). The number of hydrogen-bond donors (Lipinski definition) is 1. The van der Waals surface area contributed by atoms with Crippen LogP contribution in [0.4, 0.5) is 5.69 Å². The number of piperazine rings is 1. The number of halogens is 2. The lowest BCUT2D eigenvalue weighted by Crippen LogP contribution is -2.49. The number of piperidine rings is 1. The van der Waals surface area contributed by atoms with E-state index in [1.54, 1.807) is 0 Å². The van der Waals surface area contributed by atoms with E-state index in [1.165, 1.54) is 24.1 Å². The van der Waals surface area contributed by atoms with Gasteiger partial charge in [-0.05, 0) is 62.4 Å². The summed E-state index contributed by atoms with van der Waals surface area (Å²) in [7, 11) is 0. The molecule has 6 heteroatoms. The number of nitrogens with zero attached hydrogens (tertiary/aromatic N) is 2. The molecule has 1 amide bonds. The summed E-state index contributed by atoms with van der Waals surface area (Å²) in [5.41, 5.74) is 2.57. The van der Waals surface area contributed by atoms with Crippen molar-refractivity contribution in [3.63, 3.8) is 0 Å². The van der Waals surface area contributed by atoms with Crippen molar-refractivity contribution in [1.29, 1.82) is 0 Å². The van der Waals surface area contributed by atoms with Gasteiger partial charge >= 0.3 is 0 Å². The molecule has 0 aliphatic carbocycles. The van der Waals surface area contributed by atoms with Crippen molar-refractivity contribution in [2.75, 3.05) is 44.2 Å². The third-order valence-electron chi connectivity index (χ3n) is 5.64. The van der Waals surface area contributed by atoms with Gasteiger partial charge in [-0.3, -0.25) is 4.79 Å². The number of carbonyl (C=O) groups excluding carboxylic acids is 1. The SMILES string of the molecule is Cc1cccc(N2CCN(C(=O)CC(C)C3CCCNC3)CC2)c1.Cl.Cl. The zero-order valence-corrected chi connectivity index (χ0v) is 17.6. The van der Waals surface area contributed by atoms with E-state index in [4.69, 9.17) is 0 Å². The number of hydrogen-bond acceptors (Lipinski definition) is 3. The number of anilines is 1. The van der Waals surface area contributed by atoms with Gasteiger partial charge in [-0.1, -0.05) is 19.1 Å². The predicted molar refractivity (Wildman–Crippen MR) is 114 cm³/mol. The molecule has 0 bridgehead atoms. The molecule has 2 unspecified atom stereocenters. The summed E-state index contributed by atoms with van der Waals surface area (Å²) in [5, 5.41) is 3.47. The van der Waals surface area contributed by atoms with Gasteiger partial charge in [-0.25, -0.2) is 0 Å². The van der Waals surface area contributed by atoms with Crippen LogP contribution in [0.3, 0.4) is 0 Å². The normalized spacial score (nSPS) is 21.4. The topological polar surface area (TPSA) is 35.6 Å². The van der Waals surface area contributed by atoms with Crippen molar-refractivity contribution in [3.8, 4) is 0 Å². The van der Waals surface area contributed by atoms with Gasteiger partial charge in [-0.2, -0.15) is 0 Å². The van der Waals surface area contributed by atoms with Gasteiger partial charge in [0.15, 0.2) is 0 Å². The second-order valence-electron chi connectivity index (χ2n) is 7.49. The highest BCUT2D eigenvalue weighted by Gasteiger charge is 2.26. The number of benzene rings is 1. The van der Waals surface area contributed by atoms with E-state index in [-0.39, 0.29) is 24.8 Å². The molecule has 4 nitrogen and oxygen atoms in total. The Morgan fingerprint density at radius 2 is 1.96 bits per heavy atom. The Morgan fingerprint density at radius 3 is 2.58 bits per heavy atom. The molecule has 0 aromatic heterocycles. The van der Waals surface area contributed by atoms with Crippen molar-refractivity contribution >= 4 is 36.4 Å². The Hall–Kier alpha value is -0.970. The summed E-state index contributed by atoms with van der Waals surface area (Å²) < 4.78 is 0. The fourth-order valence-corrected chi connectivity index (χ4v) is 3.97. The van der Waals surface area contributed by atoms with Crippen molar-refractivity contribution < 1.29 is 4.79 Å². The standard InChI is InChI=1S/C20H31N3O.2ClH/c1-16-5-3-7-19(13-16)22-9-11-23(12-10-22)20(24)14-17(2)18-6-4-8-21-15-18;;/h3,5,7,13,17-18,21H,4,6,8-12,14-15H2,1-2H3;2*1H. The maximum atomic E-state index is 12.6. The zero-order valence-electron chi connectivity index (χ0n) is 15.9. The molecule has 0 spiro atoms. The van der Waals surface area contributed by atoms with Crippen LogP contribution in [0.15, 0.2) is 24.3 Å². The predicted octanol–water partition coefficient (Wildman–Crippen LogP) is 3.51. The summed E-state index contributed by atoms with van der Waals surface area (Å²) in [5.74, 6) is 1.49. The van der Waals surface area contributed by atoms with E-state index in [0.29, 0.717) is 24.2 Å². The zero-order chi connectivity index (χ0) is 16.9. The van der Waals surface area contributed by atoms with E-state index in [1.807, 2.05) is 0 Å². The van der Waals surface area contributed by atoms with Crippen LogP contribution in [-0.4, -0.2) is 50.1 Å². The molecule has 26 heavy (non-hydrogen) atoms. The molecule has 2 aliphatic rings. The minimum atomic E-state index is 0. The first-order valence-electron chi connectivity index (χ1n) is 9.43. The second kappa shape index (κ2) is 11.0. The number of amides is 1. The van der Waals surface area contributed by atoms with Crippen molar-refractivity contribution in [3.05, 3.63) is 29.8 Å². The molecule has 1 aromatic carbocycles. The highest BCUT2D eigenvalue weighted by atomic mass is 35.5. The first kappa shape index (κ1) is 23.1. The van der Waals surface area contributed by atoms with Gasteiger partial charge in [-0.15, -0.1) is 24.8 Å². The molecule has 2 saturated heterocycles. The van der Waals surface area contributed by atoms with Gasteiger partial charge < -0.3 is 15.1 Å². The quantitative estimate of drug-likeness (QED) is 0.837. The van der Waals surface area contributed by atoms with Crippen LogP contribution in [0, 0.1) is 18.8 Å². The van der Waals surface area contributed by atoms with E-state index in [0.717, 1.165) is 39.3 Å². The van der Waals surface area contributed by atoms with Crippen LogP contribution in [0.5, 0.6) is 0 Å². The van der Waals surface area contributed by atoms with Gasteiger partial charge in [0, 0.05) is 38.3 Å². The molecular weight excluding hydrogens is 369 g/mol. The van der Waals surface area contributed by atoms with Crippen LogP contribution >= 0.6 is 24.8 Å². The molecule has 0 saturated carbocycles. The van der Waals surface area contributed by atoms with Crippen LogP contribution < -0.4 is 10.2 Å². The molecule has 2 atom stereocenters. The van der Waals surface area contributed by atoms with Crippen LogP contribution in [0.25, 0.3) is 0 Å². The minimum absolute atomic E-state index is 0. The first-order chi connectivity index (χ1) is 11.6. The van der Waals surface area contributed by atoms with E-state index >= 15 is 0 Å². The second-order valence-corrected chi connectivity index (χ2v) is 7.49. The summed E-state index contributed by atoms with van der Waals surface area (Å²) in [6.07, 6.45) is 3.22. The third kappa shape index (κ3) is 6.04. The maximum absolute atomic E-state index is 12.6. The molecule has 1 aromatic rings. The fourth-order valence-electron chi connectivity index (χ4n) is 3.97. The monoisotopic (exact) mass is 401 g/mol. The highest BCUT2D eigenvalue weighted by Crippen LogP contribution is 2.24. The Bertz CT molecular complexity index is 556. The number of aryl methyl sites for hydroxylation is 1. The van der Waals surface area contributed by atoms with Gasteiger partial charge in [0.2, 0.25) is 5.91 Å². The summed E-state index contributed by atoms with van der Waals surface area (Å²) in [6.45, 7) is 10.2. The Kier molecular flexibility index (Phi) is 9.77. The Morgan fingerprint density at radius 1 is 1.23 bits per heavy atom. The average Bonchev–Trinajstić information content (AvgIpc) is 2.62. The van der Waals surface area contributed by atoms with Crippen molar-refractivity contribution in [1.82, 2.24) is 10.2 Å². The highest BCUT2D eigenvalue weighted by molar-refractivity contribution is 5.85. The molecule has 148 valence electrons. The average molecular weight is 402 g/mol. The lowest BCUT2D eigenvalue weighted by atomic mass is 9.85. The van der Waals surface area contributed by atoms with E-state index in [9.17, 15) is 4.79 Å². The smallest absolute Gasteiger partial charge is 0.222 e. The molecule has 1 N–H and O–H groups in total. The van der Waals surface area contributed by atoms with Crippen LogP contribution in [0.1, 0.15) is 31.7 Å². The van der Waals surface area contributed by atoms with Gasteiger partial charge in [0.25, 0.3) is 0 Å². The number of nitrogens with one attached hydrogen (secondary N) is 1. The summed E-state index contributed by atoms with van der Waals surface area (Å²) >= 11 is 0. The number of rotatable bonds is 4. The van der Waals surface area contributed by atoms with Crippen LogP contribution in [-0.2, 0) is 4.79 Å². The molecule has 0 radical (unpaired) electrons. The lowest BCUT2D eigenvalue weighted by molar-refractivity contribution is -0.132. The van der Waals surface area contributed by atoms with E-state index < -0.39 is 0 Å². The molecular formula is C20H33Cl2N3O. The van der Waals surface area contributed by atoms with E-state index in [2.05, 4.69) is 53.2 Å². The molecule has 2 aliphatic heterocycles. The third-order valence-corrected chi connectivity index (χ3v) is 5.64. The molecule has 2 fully saturated rings.